The Labute approximate surface area is 168 Å². The second-order valence-corrected chi connectivity index (χ2v) is 7.10. The predicted molar refractivity (Wildman–Crippen MR) is 112 cm³/mol. The molecular weight excluding hydrogens is 362 g/mol. The lowest BCUT2D eigenvalue weighted by Crippen LogP contribution is -2.14. The van der Waals surface area contributed by atoms with E-state index in [2.05, 4.69) is 43.4 Å². The monoisotopic (exact) mass is 381 g/mol. The van der Waals surface area contributed by atoms with Gasteiger partial charge in [0.1, 0.15) is 17.6 Å². The highest BCUT2D eigenvalue weighted by molar-refractivity contribution is 5.78. The van der Waals surface area contributed by atoms with E-state index in [1.54, 1.807) is 12.4 Å². The number of aromatic nitrogens is 4. The van der Waals surface area contributed by atoms with Gasteiger partial charge in [-0.1, -0.05) is 18.2 Å². The maximum atomic E-state index is 4.82. The minimum absolute atomic E-state index is 0.148. The average molecular weight is 381 g/mol. The van der Waals surface area contributed by atoms with Gasteiger partial charge >= 0.3 is 0 Å². The van der Waals surface area contributed by atoms with Gasteiger partial charge in [0.05, 0.1) is 11.7 Å². The average Bonchev–Trinajstić information content (AvgIpc) is 3.15. The SMILES string of the molecule is Cc1cccc(N(C)c2cnc3c(n2)C(Cc2ccc4ncccc4c2)N=N3)n1. The lowest BCUT2D eigenvalue weighted by Gasteiger charge is -2.18. The fraction of sp³-hybridized carbons (Fsp3) is 0.182. The third kappa shape index (κ3) is 3.31. The topological polar surface area (TPSA) is 79.5 Å². The number of hydrogen-bond acceptors (Lipinski definition) is 7. The van der Waals surface area contributed by atoms with Gasteiger partial charge in [-0.2, -0.15) is 5.11 Å². The molecule has 1 aromatic carbocycles. The van der Waals surface area contributed by atoms with Crippen LogP contribution in [0.3, 0.4) is 0 Å². The van der Waals surface area contributed by atoms with Gasteiger partial charge in [-0.05, 0) is 42.8 Å². The minimum Gasteiger partial charge on any atom is -0.313 e. The molecule has 3 aromatic heterocycles. The molecule has 1 aliphatic heterocycles. The third-order valence-corrected chi connectivity index (χ3v) is 5.03. The predicted octanol–water partition coefficient (Wildman–Crippen LogP) is 4.88. The Morgan fingerprint density at radius 3 is 2.79 bits per heavy atom. The highest BCUT2D eigenvalue weighted by atomic mass is 15.3. The zero-order valence-corrected chi connectivity index (χ0v) is 16.2. The number of benzene rings is 1. The van der Waals surface area contributed by atoms with Crippen molar-refractivity contribution in [2.75, 3.05) is 11.9 Å². The van der Waals surface area contributed by atoms with E-state index in [1.165, 1.54) is 5.56 Å². The van der Waals surface area contributed by atoms with Crippen molar-refractivity contribution in [3.05, 3.63) is 77.9 Å². The quantitative estimate of drug-likeness (QED) is 0.503. The largest absolute Gasteiger partial charge is 0.313 e. The fourth-order valence-corrected chi connectivity index (χ4v) is 3.47. The van der Waals surface area contributed by atoms with Crippen LogP contribution in [0.5, 0.6) is 0 Å². The molecule has 29 heavy (non-hydrogen) atoms. The summed E-state index contributed by atoms with van der Waals surface area (Å²) in [5, 5.41) is 9.76. The van der Waals surface area contributed by atoms with Crippen LogP contribution < -0.4 is 4.90 Å². The summed E-state index contributed by atoms with van der Waals surface area (Å²) in [6.45, 7) is 1.97. The molecule has 0 bridgehead atoms. The van der Waals surface area contributed by atoms with Crippen LogP contribution in [0, 0.1) is 6.92 Å². The van der Waals surface area contributed by atoms with Gasteiger partial charge in [0.25, 0.3) is 0 Å². The number of aryl methyl sites for hydroxylation is 1. The number of fused-ring (bicyclic) bond motifs is 2. The maximum Gasteiger partial charge on any atom is 0.198 e. The maximum absolute atomic E-state index is 4.82. The summed E-state index contributed by atoms with van der Waals surface area (Å²) in [6.07, 6.45) is 4.23. The Morgan fingerprint density at radius 2 is 1.90 bits per heavy atom. The van der Waals surface area contributed by atoms with Crippen LogP contribution in [0.1, 0.15) is 23.0 Å². The molecule has 7 heteroatoms. The Hall–Kier alpha value is -3.74. The Balaban J connectivity index is 1.43. The van der Waals surface area contributed by atoms with Gasteiger partial charge in [0.2, 0.25) is 0 Å². The van der Waals surface area contributed by atoms with Gasteiger partial charge in [-0.15, -0.1) is 5.11 Å². The first-order chi connectivity index (χ1) is 14.2. The van der Waals surface area contributed by atoms with E-state index in [0.29, 0.717) is 12.2 Å². The molecule has 0 amide bonds. The zero-order valence-electron chi connectivity index (χ0n) is 16.2. The first-order valence-electron chi connectivity index (χ1n) is 9.46. The van der Waals surface area contributed by atoms with Crippen LogP contribution in [0.4, 0.5) is 17.5 Å². The number of azo groups is 1. The van der Waals surface area contributed by atoms with E-state index in [9.17, 15) is 0 Å². The summed E-state index contributed by atoms with van der Waals surface area (Å²) in [7, 11) is 1.94. The molecular formula is C22H19N7. The summed E-state index contributed by atoms with van der Waals surface area (Å²) in [4.78, 5) is 20.2. The first kappa shape index (κ1) is 17.4. The van der Waals surface area contributed by atoms with E-state index in [4.69, 9.17) is 4.98 Å². The summed E-state index contributed by atoms with van der Waals surface area (Å²) in [5.41, 5.74) is 3.91. The van der Waals surface area contributed by atoms with Crippen LogP contribution in [-0.2, 0) is 6.42 Å². The summed E-state index contributed by atoms with van der Waals surface area (Å²) >= 11 is 0. The van der Waals surface area contributed by atoms with Crippen LogP contribution in [0.15, 0.2) is 71.2 Å². The number of rotatable bonds is 4. The lowest BCUT2D eigenvalue weighted by molar-refractivity contribution is 0.699. The second kappa shape index (κ2) is 7.01. The molecule has 0 saturated carbocycles. The summed E-state index contributed by atoms with van der Waals surface area (Å²) in [6, 6.07) is 16.1. The van der Waals surface area contributed by atoms with Gasteiger partial charge < -0.3 is 4.90 Å². The first-order valence-corrected chi connectivity index (χ1v) is 9.46. The number of pyridine rings is 2. The van der Waals surface area contributed by atoms with Crippen LogP contribution in [-0.4, -0.2) is 27.0 Å². The summed E-state index contributed by atoms with van der Waals surface area (Å²) < 4.78 is 0. The van der Waals surface area contributed by atoms with Crippen molar-refractivity contribution in [2.24, 2.45) is 10.2 Å². The lowest BCUT2D eigenvalue weighted by atomic mass is 10.0. The van der Waals surface area contributed by atoms with Crippen molar-refractivity contribution in [1.29, 1.82) is 0 Å². The second-order valence-electron chi connectivity index (χ2n) is 7.10. The highest BCUT2D eigenvalue weighted by Crippen LogP contribution is 2.36. The Kier molecular flexibility index (Phi) is 4.20. The number of hydrogen-bond donors (Lipinski definition) is 0. The standard InChI is InChI=1S/C22H19N7/c1-14-5-3-7-19(25-14)29(2)20-13-24-22-21(26-20)18(27-28-22)12-15-8-9-17-16(11-15)6-4-10-23-17/h3-11,13,18H,12H2,1-2H3. The van der Waals surface area contributed by atoms with Gasteiger partial charge in [-0.25, -0.2) is 15.0 Å². The number of nitrogens with zero attached hydrogens (tertiary/aromatic N) is 7. The van der Waals surface area contributed by atoms with Crippen molar-refractivity contribution in [3.8, 4) is 0 Å². The van der Waals surface area contributed by atoms with Crippen LogP contribution >= 0.6 is 0 Å². The molecule has 4 aromatic rings. The highest BCUT2D eigenvalue weighted by Gasteiger charge is 2.25. The van der Waals surface area contributed by atoms with Crippen LogP contribution in [0.25, 0.3) is 10.9 Å². The fourth-order valence-electron chi connectivity index (χ4n) is 3.47. The molecule has 0 aliphatic carbocycles. The van der Waals surface area contributed by atoms with E-state index in [1.807, 2.05) is 49.2 Å². The Morgan fingerprint density at radius 1 is 0.966 bits per heavy atom. The van der Waals surface area contributed by atoms with Crippen molar-refractivity contribution in [2.45, 2.75) is 19.4 Å². The van der Waals surface area contributed by atoms with Crippen molar-refractivity contribution in [1.82, 2.24) is 19.9 Å². The molecule has 5 rings (SSSR count). The minimum atomic E-state index is -0.148. The van der Waals surface area contributed by atoms with Crippen molar-refractivity contribution >= 4 is 28.4 Å². The smallest absolute Gasteiger partial charge is 0.198 e. The van der Waals surface area contributed by atoms with E-state index in [0.717, 1.165) is 33.9 Å². The number of anilines is 2. The molecule has 1 aliphatic rings. The molecule has 7 nitrogen and oxygen atoms in total. The molecule has 4 heterocycles. The van der Waals surface area contributed by atoms with Crippen molar-refractivity contribution < 1.29 is 0 Å². The normalized spacial score (nSPS) is 14.9. The van der Waals surface area contributed by atoms with Crippen molar-refractivity contribution in [3.63, 3.8) is 0 Å². The molecule has 0 N–H and O–H groups in total. The van der Waals surface area contributed by atoms with Gasteiger partial charge in [0.15, 0.2) is 11.6 Å². The Bertz CT molecular complexity index is 1230. The molecule has 0 fully saturated rings. The van der Waals surface area contributed by atoms with Gasteiger partial charge in [-0.3, -0.25) is 4.98 Å². The molecule has 0 saturated heterocycles. The van der Waals surface area contributed by atoms with Crippen LogP contribution in [0.2, 0.25) is 0 Å². The van der Waals surface area contributed by atoms with E-state index >= 15 is 0 Å². The van der Waals surface area contributed by atoms with E-state index in [-0.39, 0.29) is 6.04 Å². The third-order valence-electron chi connectivity index (χ3n) is 5.03. The molecule has 1 unspecified atom stereocenters. The van der Waals surface area contributed by atoms with E-state index < -0.39 is 0 Å². The molecule has 0 spiro atoms. The van der Waals surface area contributed by atoms with Gasteiger partial charge in [0, 0.05) is 30.7 Å². The molecule has 142 valence electrons. The molecule has 0 radical (unpaired) electrons. The summed E-state index contributed by atoms with van der Waals surface area (Å²) in [5.74, 6) is 2.14. The zero-order chi connectivity index (χ0) is 19.8. The molecule has 1 atom stereocenters.